The number of hydrogen-bond donors (Lipinski definition) is 4. The summed E-state index contributed by atoms with van der Waals surface area (Å²) in [6, 6.07) is 3.27. The molecule has 0 fully saturated rings. The highest BCUT2D eigenvalue weighted by atomic mass is 16.4. The van der Waals surface area contributed by atoms with Gasteiger partial charge in [-0.15, -0.1) is 0 Å². The van der Waals surface area contributed by atoms with Crippen LogP contribution in [-0.4, -0.2) is 39.8 Å². The molecule has 1 heterocycles. The van der Waals surface area contributed by atoms with Crippen molar-refractivity contribution in [1.82, 2.24) is 15.6 Å². The van der Waals surface area contributed by atoms with Crippen LogP contribution in [0.25, 0.3) is 0 Å². The summed E-state index contributed by atoms with van der Waals surface area (Å²) < 4.78 is 0. The number of amides is 2. The fraction of sp³-hybridized carbons (Fsp3) is 0.300. The summed E-state index contributed by atoms with van der Waals surface area (Å²) in [7, 11) is 0. The minimum atomic E-state index is -1.31. The highest BCUT2D eigenvalue weighted by Gasteiger charge is 2.18. The maximum absolute atomic E-state index is 11.3. The lowest BCUT2D eigenvalue weighted by Gasteiger charge is -2.12. The fourth-order valence-corrected chi connectivity index (χ4v) is 1.07. The Morgan fingerprint density at radius 1 is 1.41 bits per heavy atom. The molecule has 0 saturated heterocycles. The SMILES string of the molecule is O=C(NCc1ccccn1)N[C@@H](CO)C(=O)O. The molecule has 0 aliphatic heterocycles. The van der Waals surface area contributed by atoms with Crippen molar-refractivity contribution in [3.63, 3.8) is 0 Å². The van der Waals surface area contributed by atoms with Crippen LogP contribution in [0.2, 0.25) is 0 Å². The van der Waals surface area contributed by atoms with Gasteiger partial charge in [0, 0.05) is 6.20 Å². The van der Waals surface area contributed by atoms with Gasteiger partial charge in [-0.25, -0.2) is 9.59 Å². The molecule has 0 radical (unpaired) electrons. The summed E-state index contributed by atoms with van der Waals surface area (Å²) in [5.74, 6) is -1.29. The Labute approximate surface area is 97.5 Å². The third-order valence-corrected chi connectivity index (χ3v) is 1.94. The van der Waals surface area contributed by atoms with Crippen LogP contribution in [0.5, 0.6) is 0 Å². The minimum Gasteiger partial charge on any atom is -0.480 e. The average Bonchev–Trinajstić information content (AvgIpc) is 2.34. The first-order valence-electron chi connectivity index (χ1n) is 4.91. The Kier molecular flexibility index (Phi) is 4.89. The normalized spacial score (nSPS) is 11.6. The molecule has 0 unspecified atom stereocenters. The number of carboxylic acids is 1. The van der Waals surface area contributed by atoms with E-state index in [0.29, 0.717) is 5.69 Å². The third-order valence-electron chi connectivity index (χ3n) is 1.94. The first-order chi connectivity index (χ1) is 8.13. The lowest BCUT2D eigenvalue weighted by atomic mass is 10.3. The van der Waals surface area contributed by atoms with Crippen molar-refractivity contribution in [2.45, 2.75) is 12.6 Å². The van der Waals surface area contributed by atoms with E-state index in [4.69, 9.17) is 10.2 Å². The zero-order valence-electron chi connectivity index (χ0n) is 8.96. The lowest BCUT2D eigenvalue weighted by Crippen LogP contribution is -2.47. The smallest absolute Gasteiger partial charge is 0.328 e. The van der Waals surface area contributed by atoms with Crippen molar-refractivity contribution in [3.05, 3.63) is 30.1 Å². The second-order valence-electron chi connectivity index (χ2n) is 3.22. The predicted octanol–water partition coefficient (Wildman–Crippen LogP) is -0.674. The van der Waals surface area contributed by atoms with Gasteiger partial charge in [0.2, 0.25) is 0 Å². The molecule has 1 atom stereocenters. The number of carboxylic acid groups (broad SMARTS) is 1. The molecule has 0 bridgehead atoms. The Morgan fingerprint density at radius 3 is 2.71 bits per heavy atom. The molecule has 7 heteroatoms. The number of aliphatic hydroxyl groups is 1. The zero-order valence-corrected chi connectivity index (χ0v) is 8.96. The van der Waals surface area contributed by atoms with Crippen LogP contribution in [-0.2, 0) is 11.3 Å². The highest BCUT2D eigenvalue weighted by Crippen LogP contribution is 1.92. The molecule has 0 aliphatic carbocycles. The van der Waals surface area contributed by atoms with Crippen LogP contribution in [0.15, 0.2) is 24.4 Å². The average molecular weight is 239 g/mol. The monoisotopic (exact) mass is 239 g/mol. The maximum atomic E-state index is 11.3. The molecular weight excluding hydrogens is 226 g/mol. The standard InChI is InChI=1S/C10H13N3O4/c14-6-8(9(15)16)13-10(17)12-5-7-3-1-2-4-11-7/h1-4,8,14H,5-6H2,(H,15,16)(H2,12,13,17)/t8-/m0/s1. The zero-order chi connectivity index (χ0) is 12.7. The van der Waals surface area contributed by atoms with E-state index in [-0.39, 0.29) is 6.54 Å². The van der Waals surface area contributed by atoms with Gasteiger partial charge in [-0.3, -0.25) is 4.98 Å². The Hall–Kier alpha value is -2.15. The predicted molar refractivity (Wildman–Crippen MR) is 58.1 cm³/mol. The van der Waals surface area contributed by atoms with Crippen molar-refractivity contribution < 1.29 is 19.8 Å². The molecule has 1 rings (SSSR count). The van der Waals surface area contributed by atoms with Crippen molar-refractivity contribution in [1.29, 1.82) is 0 Å². The van der Waals surface area contributed by atoms with Gasteiger partial charge in [-0.1, -0.05) is 6.07 Å². The number of pyridine rings is 1. The molecular formula is C10H13N3O4. The molecule has 0 aromatic carbocycles. The number of aliphatic carboxylic acids is 1. The topological polar surface area (TPSA) is 112 Å². The Morgan fingerprint density at radius 2 is 2.18 bits per heavy atom. The van der Waals surface area contributed by atoms with Crippen LogP contribution in [0, 0.1) is 0 Å². The number of urea groups is 1. The van der Waals surface area contributed by atoms with Gasteiger partial charge in [-0.2, -0.15) is 0 Å². The molecule has 0 spiro atoms. The molecule has 1 aromatic heterocycles. The molecule has 0 saturated carbocycles. The first-order valence-corrected chi connectivity index (χ1v) is 4.91. The second-order valence-corrected chi connectivity index (χ2v) is 3.22. The van der Waals surface area contributed by atoms with Crippen molar-refractivity contribution in [2.24, 2.45) is 0 Å². The van der Waals surface area contributed by atoms with E-state index >= 15 is 0 Å². The summed E-state index contributed by atoms with van der Waals surface area (Å²) in [4.78, 5) is 25.8. The number of aliphatic hydroxyl groups excluding tert-OH is 1. The Balaban J connectivity index is 2.37. The number of nitrogens with zero attached hydrogens (tertiary/aromatic N) is 1. The number of aromatic nitrogens is 1. The molecule has 92 valence electrons. The third kappa shape index (κ3) is 4.47. The summed E-state index contributed by atoms with van der Waals surface area (Å²) in [6.45, 7) is -0.475. The molecule has 1 aromatic rings. The maximum Gasteiger partial charge on any atom is 0.328 e. The molecule has 17 heavy (non-hydrogen) atoms. The highest BCUT2D eigenvalue weighted by molar-refractivity contribution is 5.82. The van der Waals surface area contributed by atoms with Gasteiger partial charge < -0.3 is 20.8 Å². The minimum absolute atomic E-state index is 0.185. The van der Waals surface area contributed by atoms with E-state index in [1.165, 1.54) is 0 Å². The largest absolute Gasteiger partial charge is 0.480 e. The number of nitrogens with one attached hydrogen (secondary N) is 2. The molecule has 4 N–H and O–H groups in total. The van der Waals surface area contributed by atoms with Gasteiger partial charge in [0.05, 0.1) is 18.8 Å². The number of rotatable bonds is 5. The van der Waals surface area contributed by atoms with E-state index in [1.54, 1.807) is 24.4 Å². The second kappa shape index (κ2) is 6.44. The number of carbonyl (C=O) groups excluding carboxylic acids is 1. The quantitative estimate of drug-likeness (QED) is 0.544. The van der Waals surface area contributed by atoms with E-state index in [1.807, 2.05) is 0 Å². The summed E-state index contributed by atoms with van der Waals surface area (Å²) in [6.07, 6.45) is 1.59. The van der Waals surface area contributed by atoms with Crippen molar-refractivity contribution >= 4 is 12.0 Å². The summed E-state index contributed by atoms with van der Waals surface area (Å²) >= 11 is 0. The van der Waals surface area contributed by atoms with E-state index in [0.717, 1.165) is 0 Å². The van der Waals surface area contributed by atoms with E-state index < -0.39 is 24.6 Å². The van der Waals surface area contributed by atoms with Gasteiger partial charge in [0.15, 0.2) is 6.04 Å². The van der Waals surface area contributed by atoms with Crippen molar-refractivity contribution in [2.75, 3.05) is 6.61 Å². The fourth-order valence-electron chi connectivity index (χ4n) is 1.07. The van der Waals surface area contributed by atoms with Gasteiger partial charge >= 0.3 is 12.0 Å². The van der Waals surface area contributed by atoms with Crippen LogP contribution >= 0.6 is 0 Å². The summed E-state index contributed by atoms with van der Waals surface area (Å²) in [5.41, 5.74) is 0.651. The number of hydrogen-bond acceptors (Lipinski definition) is 4. The first kappa shape index (κ1) is 12.9. The Bertz CT molecular complexity index is 382. The van der Waals surface area contributed by atoms with E-state index in [9.17, 15) is 9.59 Å². The van der Waals surface area contributed by atoms with Gasteiger partial charge in [0.25, 0.3) is 0 Å². The van der Waals surface area contributed by atoms with E-state index in [2.05, 4.69) is 15.6 Å². The van der Waals surface area contributed by atoms with Gasteiger partial charge in [0.1, 0.15) is 0 Å². The lowest BCUT2D eigenvalue weighted by molar-refractivity contribution is -0.140. The van der Waals surface area contributed by atoms with Gasteiger partial charge in [-0.05, 0) is 12.1 Å². The van der Waals surface area contributed by atoms with Crippen LogP contribution in [0.1, 0.15) is 5.69 Å². The molecule has 7 nitrogen and oxygen atoms in total. The molecule has 2 amide bonds. The van der Waals surface area contributed by atoms with Crippen LogP contribution in [0.3, 0.4) is 0 Å². The molecule has 0 aliphatic rings. The number of carbonyl (C=O) groups is 2. The van der Waals surface area contributed by atoms with Crippen LogP contribution < -0.4 is 10.6 Å². The van der Waals surface area contributed by atoms with Crippen LogP contribution in [0.4, 0.5) is 4.79 Å². The van der Waals surface area contributed by atoms with Crippen molar-refractivity contribution in [3.8, 4) is 0 Å². The summed E-state index contributed by atoms with van der Waals surface area (Å²) in [5, 5.41) is 21.8.